The monoisotopic (exact) mass is 792 g/mol. The Morgan fingerprint density at radius 3 is 2.45 bits per heavy atom. The standard InChI is InChI=1S/C42H48N8O8/c1-24-25(2)49(27-10-5-6-11-27)38-30(48(24)3)16-18-34(46-38)45-29-15-14-26(22-33(29)57-4)39(53)44-21-8-7-20-43-36(52)23-58-32-13-9-12-28-37(32)42(56)50(41(28)55)31-17-19-35(51)47-40(31)54/h9,12-16,18,22,25,27,31H,1,5-8,10-11,17,19-21,23H2,2-4H3,(H,43,52)(H,44,53)(H,45,46)(H,47,51,54)/t25-,31?/m1/s1. The van der Waals surface area contributed by atoms with Crippen LogP contribution < -0.4 is 40.5 Å². The second kappa shape index (κ2) is 17.0. The van der Waals surface area contributed by atoms with Gasteiger partial charge in [-0.2, -0.15) is 0 Å². The summed E-state index contributed by atoms with van der Waals surface area (Å²) >= 11 is 0. The molecule has 58 heavy (non-hydrogen) atoms. The third-order valence-electron chi connectivity index (χ3n) is 11.2. The summed E-state index contributed by atoms with van der Waals surface area (Å²) in [5.41, 5.74) is 3.19. The van der Waals surface area contributed by atoms with Crippen LogP contribution in [-0.2, 0) is 14.4 Å². The second-order valence-corrected chi connectivity index (χ2v) is 14.9. The number of fused-ring (bicyclic) bond motifs is 2. The van der Waals surface area contributed by atoms with Crippen molar-refractivity contribution in [3.8, 4) is 11.5 Å². The van der Waals surface area contributed by atoms with Crippen molar-refractivity contribution in [2.75, 3.05) is 49.0 Å². The lowest BCUT2D eigenvalue weighted by Gasteiger charge is -2.45. The van der Waals surface area contributed by atoms with Gasteiger partial charge in [-0.1, -0.05) is 25.5 Å². The first-order chi connectivity index (χ1) is 28.0. The fraction of sp³-hybridized carbons (Fsp3) is 0.405. The largest absolute Gasteiger partial charge is 0.495 e. The van der Waals surface area contributed by atoms with Gasteiger partial charge in [-0.15, -0.1) is 0 Å². The summed E-state index contributed by atoms with van der Waals surface area (Å²) in [6.45, 7) is 6.82. The molecule has 0 radical (unpaired) electrons. The van der Waals surface area contributed by atoms with E-state index in [0.29, 0.717) is 54.8 Å². The SMILES string of the molecule is C=C1[C@@H](C)N(C2CCCC2)c2nc(Nc3ccc(C(=O)NCCCCNC(=O)COc4cccc5c4C(=O)N(C4CCC(=O)NC4=O)C5=O)cc3OC)ccc2N1C. The summed E-state index contributed by atoms with van der Waals surface area (Å²) in [6.07, 6.45) is 5.88. The Bertz CT molecular complexity index is 2170. The molecule has 16 nitrogen and oxygen atoms in total. The summed E-state index contributed by atoms with van der Waals surface area (Å²) in [6, 6.07) is 13.1. The average molecular weight is 793 g/mol. The second-order valence-electron chi connectivity index (χ2n) is 14.9. The molecule has 0 bridgehead atoms. The van der Waals surface area contributed by atoms with Crippen LogP contribution in [0.5, 0.6) is 11.5 Å². The Labute approximate surface area is 336 Å². The smallest absolute Gasteiger partial charge is 0.266 e. The van der Waals surface area contributed by atoms with Gasteiger partial charge in [0.15, 0.2) is 12.4 Å². The molecule has 4 N–H and O–H groups in total. The minimum Gasteiger partial charge on any atom is -0.495 e. The number of nitrogens with one attached hydrogen (secondary N) is 4. The lowest BCUT2D eigenvalue weighted by atomic mass is 10.0. The lowest BCUT2D eigenvalue weighted by molar-refractivity contribution is -0.136. The number of anilines is 4. The third-order valence-corrected chi connectivity index (χ3v) is 11.2. The fourth-order valence-corrected chi connectivity index (χ4v) is 8.07. The van der Waals surface area contributed by atoms with Crippen molar-refractivity contribution >= 4 is 58.5 Å². The maximum Gasteiger partial charge on any atom is 0.266 e. The van der Waals surface area contributed by atoms with Crippen molar-refractivity contribution in [2.45, 2.75) is 76.4 Å². The van der Waals surface area contributed by atoms with Gasteiger partial charge in [-0.05, 0) is 81.5 Å². The maximum atomic E-state index is 13.2. The Hall–Kier alpha value is -6.45. The highest BCUT2D eigenvalue weighted by molar-refractivity contribution is 6.24. The van der Waals surface area contributed by atoms with Gasteiger partial charge >= 0.3 is 0 Å². The lowest BCUT2D eigenvalue weighted by Crippen LogP contribution is -2.54. The number of pyridine rings is 1. The van der Waals surface area contributed by atoms with Gasteiger partial charge in [-0.3, -0.25) is 39.0 Å². The number of benzene rings is 2. The minimum atomic E-state index is -1.11. The molecule has 7 rings (SSSR count). The molecule has 4 aliphatic rings. The molecule has 1 saturated carbocycles. The molecule has 0 spiro atoms. The van der Waals surface area contributed by atoms with E-state index in [4.69, 9.17) is 14.5 Å². The molecule has 304 valence electrons. The van der Waals surface area contributed by atoms with Crippen LogP contribution in [-0.4, -0.2) is 97.3 Å². The van der Waals surface area contributed by atoms with Crippen LogP contribution in [0.3, 0.4) is 0 Å². The molecule has 1 aromatic heterocycles. The molecular formula is C42H48N8O8. The molecule has 2 atom stereocenters. The number of amides is 6. The fourth-order valence-electron chi connectivity index (χ4n) is 8.07. The van der Waals surface area contributed by atoms with Crippen molar-refractivity contribution in [3.63, 3.8) is 0 Å². The number of hydrogen-bond acceptors (Lipinski definition) is 12. The first-order valence-corrected chi connectivity index (χ1v) is 19.7. The number of unbranched alkanes of at least 4 members (excludes halogenated alkanes) is 1. The molecule has 2 aromatic carbocycles. The van der Waals surface area contributed by atoms with Crippen molar-refractivity contribution in [1.82, 2.24) is 25.8 Å². The van der Waals surface area contributed by atoms with Gasteiger partial charge in [0.1, 0.15) is 23.4 Å². The van der Waals surface area contributed by atoms with Gasteiger partial charge < -0.3 is 35.2 Å². The van der Waals surface area contributed by atoms with Crippen LogP contribution in [0.4, 0.5) is 23.0 Å². The van der Waals surface area contributed by atoms with Crippen LogP contribution >= 0.6 is 0 Å². The van der Waals surface area contributed by atoms with E-state index in [0.717, 1.165) is 34.9 Å². The van der Waals surface area contributed by atoms with Crippen molar-refractivity contribution in [1.29, 1.82) is 0 Å². The zero-order valence-electron chi connectivity index (χ0n) is 32.9. The number of carbonyl (C=O) groups is 6. The highest BCUT2D eigenvalue weighted by Gasteiger charge is 2.46. The Balaban J connectivity index is 0.865. The number of carbonyl (C=O) groups excluding carboxylic acids is 6. The van der Waals surface area contributed by atoms with Crippen molar-refractivity contribution < 1.29 is 38.2 Å². The maximum absolute atomic E-state index is 13.2. The van der Waals surface area contributed by atoms with Gasteiger partial charge in [-0.25, -0.2) is 4.98 Å². The zero-order valence-corrected chi connectivity index (χ0v) is 32.9. The van der Waals surface area contributed by atoms with E-state index in [9.17, 15) is 28.8 Å². The van der Waals surface area contributed by atoms with Crippen LogP contribution in [0.1, 0.15) is 89.4 Å². The number of rotatable bonds is 14. The van der Waals surface area contributed by atoms with E-state index in [-0.39, 0.29) is 41.7 Å². The Kier molecular flexibility index (Phi) is 11.6. The van der Waals surface area contributed by atoms with Gasteiger partial charge in [0.25, 0.3) is 23.6 Å². The first kappa shape index (κ1) is 39.8. The molecule has 1 aliphatic carbocycles. The van der Waals surface area contributed by atoms with Gasteiger partial charge in [0, 0.05) is 43.9 Å². The average Bonchev–Trinajstić information content (AvgIpc) is 3.84. The van der Waals surface area contributed by atoms with E-state index in [1.165, 1.54) is 31.0 Å². The third kappa shape index (κ3) is 7.91. The van der Waals surface area contributed by atoms with Crippen LogP contribution in [0, 0.1) is 0 Å². The summed E-state index contributed by atoms with van der Waals surface area (Å²) in [5, 5.41) is 11.2. The zero-order chi connectivity index (χ0) is 41.1. The Morgan fingerprint density at radius 1 is 0.948 bits per heavy atom. The van der Waals surface area contributed by atoms with Crippen LogP contribution in [0.25, 0.3) is 0 Å². The number of hydrogen-bond donors (Lipinski definition) is 4. The van der Waals surface area contributed by atoms with Crippen molar-refractivity contribution in [2.24, 2.45) is 0 Å². The summed E-state index contributed by atoms with van der Waals surface area (Å²) < 4.78 is 11.3. The number of imide groups is 2. The molecule has 1 saturated heterocycles. The van der Waals surface area contributed by atoms with Gasteiger partial charge in [0.2, 0.25) is 11.8 Å². The van der Waals surface area contributed by atoms with E-state index in [2.05, 4.69) is 50.6 Å². The summed E-state index contributed by atoms with van der Waals surface area (Å²) in [5.74, 6) is -1.14. The number of aromatic nitrogens is 1. The number of piperidine rings is 1. The molecule has 6 amide bonds. The number of ether oxygens (including phenoxy) is 2. The highest BCUT2D eigenvalue weighted by atomic mass is 16.5. The van der Waals surface area contributed by atoms with E-state index in [1.807, 2.05) is 13.1 Å². The quantitative estimate of drug-likeness (QED) is 0.136. The first-order valence-electron chi connectivity index (χ1n) is 19.7. The van der Waals surface area contributed by atoms with Gasteiger partial charge in [0.05, 0.1) is 35.7 Å². The van der Waals surface area contributed by atoms with E-state index >= 15 is 0 Å². The minimum absolute atomic E-state index is 0.00519. The number of nitrogens with zero attached hydrogens (tertiary/aromatic N) is 4. The molecule has 3 aromatic rings. The molecule has 16 heteroatoms. The molecule has 2 fully saturated rings. The summed E-state index contributed by atoms with van der Waals surface area (Å²) in [4.78, 5) is 86.3. The van der Waals surface area contributed by atoms with E-state index in [1.54, 1.807) is 25.3 Å². The highest BCUT2D eigenvalue weighted by Crippen LogP contribution is 2.43. The predicted octanol–water partition coefficient (Wildman–Crippen LogP) is 4.04. The molecule has 1 unspecified atom stereocenters. The van der Waals surface area contributed by atoms with E-state index < -0.39 is 42.2 Å². The molecule has 3 aliphatic heterocycles. The number of methoxy groups -OCH3 is 1. The normalized spacial score (nSPS) is 19.2. The molecular weight excluding hydrogens is 745 g/mol. The molecule has 4 heterocycles. The Morgan fingerprint density at radius 2 is 1.71 bits per heavy atom. The predicted molar refractivity (Wildman–Crippen MR) is 215 cm³/mol. The van der Waals surface area contributed by atoms with Crippen molar-refractivity contribution in [3.05, 3.63) is 77.5 Å². The van der Waals surface area contributed by atoms with Crippen LogP contribution in [0.2, 0.25) is 0 Å². The van der Waals surface area contributed by atoms with Crippen LogP contribution in [0.15, 0.2) is 60.8 Å². The summed E-state index contributed by atoms with van der Waals surface area (Å²) in [7, 11) is 3.58. The number of likely N-dealkylation sites (N-methyl/N-ethyl adjacent to an activating group) is 1. The topological polar surface area (TPSA) is 192 Å².